The third-order valence-electron chi connectivity index (χ3n) is 4.64. The molecule has 7 heteroatoms. The van der Waals surface area contributed by atoms with E-state index < -0.39 is 0 Å². The Bertz CT molecular complexity index is 816. The van der Waals surface area contributed by atoms with Crippen LogP contribution in [-0.2, 0) is 9.47 Å². The number of rotatable bonds is 5. The molecule has 27 heavy (non-hydrogen) atoms. The predicted molar refractivity (Wildman–Crippen MR) is 103 cm³/mol. The van der Waals surface area contributed by atoms with Crippen LogP contribution in [0.25, 0.3) is 10.9 Å². The maximum Gasteiger partial charge on any atom is 0.409 e. The van der Waals surface area contributed by atoms with Crippen molar-refractivity contribution in [1.29, 1.82) is 0 Å². The first-order valence-corrected chi connectivity index (χ1v) is 9.37. The van der Waals surface area contributed by atoms with E-state index in [1.165, 1.54) is 0 Å². The van der Waals surface area contributed by atoms with E-state index in [1.807, 2.05) is 24.3 Å². The number of ether oxygens (including phenoxy) is 2. The summed E-state index contributed by atoms with van der Waals surface area (Å²) in [4.78, 5) is 30.4. The zero-order valence-electron chi connectivity index (χ0n) is 15.7. The number of piperidine rings is 1. The van der Waals surface area contributed by atoms with Crippen LogP contribution in [0.2, 0.25) is 0 Å². The van der Waals surface area contributed by atoms with Gasteiger partial charge in [-0.05, 0) is 32.8 Å². The van der Waals surface area contributed by atoms with Crippen LogP contribution < -0.4 is 5.32 Å². The summed E-state index contributed by atoms with van der Waals surface area (Å²) in [6.45, 7) is 5.51. The molecule has 1 amide bonds. The Kier molecular flexibility index (Phi) is 6.11. The van der Waals surface area contributed by atoms with Gasteiger partial charge in [0.15, 0.2) is 0 Å². The van der Waals surface area contributed by atoms with E-state index in [4.69, 9.17) is 9.47 Å². The largest absolute Gasteiger partial charge is 0.462 e. The molecule has 0 aliphatic carbocycles. The van der Waals surface area contributed by atoms with E-state index in [2.05, 4.69) is 10.3 Å². The number of pyridine rings is 1. The first kappa shape index (κ1) is 18.9. The monoisotopic (exact) mass is 371 g/mol. The lowest BCUT2D eigenvalue weighted by Crippen LogP contribution is -2.42. The van der Waals surface area contributed by atoms with Gasteiger partial charge in [-0.3, -0.25) is 4.98 Å². The number of hydrogen-bond acceptors (Lipinski definition) is 6. The molecule has 1 aliphatic heterocycles. The minimum absolute atomic E-state index is 0.148. The molecule has 144 valence electrons. The normalized spacial score (nSPS) is 14.8. The Morgan fingerprint density at radius 1 is 1.15 bits per heavy atom. The van der Waals surface area contributed by atoms with Crippen LogP contribution in [0, 0.1) is 0 Å². The molecule has 0 saturated carbocycles. The number of amides is 1. The number of anilines is 1. The molecule has 7 nitrogen and oxygen atoms in total. The fourth-order valence-corrected chi connectivity index (χ4v) is 3.29. The van der Waals surface area contributed by atoms with Gasteiger partial charge in [0.1, 0.15) is 5.56 Å². The minimum Gasteiger partial charge on any atom is -0.462 e. The first-order chi connectivity index (χ1) is 13.1. The van der Waals surface area contributed by atoms with Gasteiger partial charge in [0.05, 0.1) is 24.4 Å². The van der Waals surface area contributed by atoms with E-state index in [0.29, 0.717) is 31.9 Å². The van der Waals surface area contributed by atoms with Gasteiger partial charge >= 0.3 is 12.1 Å². The number of fused-ring (bicyclic) bond motifs is 1. The lowest BCUT2D eigenvalue weighted by Gasteiger charge is -2.32. The Balaban J connectivity index is 1.80. The second kappa shape index (κ2) is 8.70. The number of aromatic nitrogens is 1. The quantitative estimate of drug-likeness (QED) is 0.811. The smallest absolute Gasteiger partial charge is 0.409 e. The van der Waals surface area contributed by atoms with Crippen LogP contribution >= 0.6 is 0 Å². The molecular formula is C20H25N3O4. The molecule has 0 bridgehead atoms. The Labute approximate surface area is 158 Å². The molecule has 0 atom stereocenters. The number of esters is 1. The fourth-order valence-electron chi connectivity index (χ4n) is 3.29. The molecule has 1 fully saturated rings. The van der Waals surface area contributed by atoms with E-state index in [0.717, 1.165) is 29.4 Å². The third-order valence-corrected chi connectivity index (χ3v) is 4.64. The zero-order chi connectivity index (χ0) is 19.2. The van der Waals surface area contributed by atoms with E-state index in [1.54, 1.807) is 24.9 Å². The number of likely N-dealkylation sites (tertiary alicyclic amines) is 1. The summed E-state index contributed by atoms with van der Waals surface area (Å²) in [7, 11) is 0. The van der Waals surface area contributed by atoms with E-state index in [9.17, 15) is 9.59 Å². The van der Waals surface area contributed by atoms with Gasteiger partial charge < -0.3 is 19.7 Å². The van der Waals surface area contributed by atoms with Gasteiger partial charge in [0.25, 0.3) is 0 Å². The van der Waals surface area contributed by atoms with Crippen molar-refractivity contribution in [2.75, 3.05) is 31.6 Å². The minimum atomic E-state index is -0.387. The number of carbonyl (C=O) groups excluding carboxylic acids is 2. The van der Waals surface area contributed by atoms with Crippen molar-refractivity contribution in [2.24, 2.45) is 0 Å². The van der Waals surface area contributed by atoms with Crippen molar-refractivity contribution in [3.63, 3.8) is 0 Å². The number of hydrogen-bond donors (Lipinski definition) is 1. The Morgan fingerprint density at radius 3 is 2.56 bits per heavy atom. The van der Waals surface area contributed by atoms with Gasteiger partial charge in [0, 0.05) is 30.7 Å². The molecule has 0 radical (unpaired) electrons. The average molecular weight is 371 g/mol. The number of nitrogens with one attached hydrogen (secondary N) is 1. The van der Waals surface area contributed by atoms with Crippen LogP contribution in [-0.4, -0.2) is 54.3 Å². The van der Waals surface area contributed by atoms with Crippen molar-refractivity contribution in [3.05, 3.63) is 36.0 Å². The molecule has 1 saturated heterocycles. The molecule has 1 aliphatic rings. The number of nitrogens with zero attached hydrogens (tertiary/aromatic N) is 2. The molecular weight excluding hydrogens is 346 g/mol. The van der Waals surface area contributed by atoms with Crippen molar-refractivity contribution in [3.8, 4) is 0 Å². The molecule has 1 aromatic carbocycles. The Morgan fingerprint density at radius 2 is 1.85 bits per heavy atom. The summed E-state index contributed by atoms with van der Waals surface area (Å²) in [6.07, 6.45) is 2.85. The van der Waals surface area contributed by atoms with Crippen LogP contribution in [0.15, 0.2) is 30.5 Å². The molecule has 2 heterocycles. The summed E-state index contributed by atoms with van der Waals surface area (Å²) in [5, 5.41) is 4.39. The number of benzene rings is 1. The first-order valence-electron chi connectivity index (χ1n) is 9.37. The molecule has 1 N–H and O–H groups in total. The van der Waals surface area contributed by atoms with Crippen molar-refractivity contribution in [2.45, 2.75) is 32.7 Å². The van der Waals surface area contributed by atoms with Crippen molar-refractivity contribution >= 4 is 28.7 Å². The molecule has 1 aromatic heterocycles. The highest BCUT2D eigenvalue weighted by Crippen LogP contribution is 2.29. The highest BCUT2D eigenvalue weighted by Gasteiger charge is 2.25. The molecule has 0 spiro atoms. The number of carbonyl (C=O) groups is 2. The van der Waals surface area contributed by atoms with Gasteiger partial charge in [-0.15, -0.1) is 0 Å². The lowest BCUT2D eigenvalue weighted by molar-refractivity contribution is 0.0527. The SMILES string of the molecule is CCOC(=O)c1cnc2ccccc2c1NC1CCN(C(=O)OCC)CC1. The summed E-state index contributed by atoms with van der Waals surface area (Å²) < 4.78 is 10.3. The summed E-state index contributed by atoms with van der Waals surface area (Å²) in [6, 6.07) is 7.85. The molecule has 3 rings (SSSR count). The van der Waals surface area contributed by atoms with Crippen LogP contribution in [0.4, 0.5) is 10.5 Å². The van der Waals surface area contributed by atoms with E-state index in [-0.39, 0.29) is 18.1 Å². The maximum atomic E-state index is 12.4. The summed E-state index contributed by atoms with van der Waals surface area (Å²) in [5.41, 5.74) is 1.99. The van der Waals surface area contributed by atoms with Crippen molar-refractivity contribution < 1.29 is 19.1 Å². The van der Waals surface area contributed by atoms with Crippen LogP contribution in [0.5, 0.6) is 0 Å². The number of para-hydroxylation sites is 1. The fraction of sp³-hybridized carbons (Fsp3) is 0.450. The van der Waals surface area contributed by atoms with E-state index >= 15 is 0 Å². The second-order valence-electron chi connectivity index (χ2n) is 6.39. The second-order valence-corrected chi connectivity index (χ2v) is 6.39. The lowest BCUT2D eigenvalue weighted by atomic mass is 10.0. The molecule has 0 unspecified atom stereocenters. The summed E-state index contributed by atoms with van der Waals surface area (Å²) >= 11 is 0. The maximum absolute atomic E-state index is 12.4. The van der Waals surface area contributed by atoms with Crippen LogP contribution in [0.1, 0.15) is 37.0 Å². The molecule has 2 aromatic rings. The van der Waals surface area contributed by atoms with Gasteiger partial charge in [-0.1, -0.05) is 18.2 Å². The zero-order valence-corrected chi connectivity index (χ0v) is 15.7. The topological polar surface area (TPSA) is 80.8 Å². The van der Waals surface area contributed by atoms with Crippen LogP contribution in [0.3, 0.4) is 0 Å². The highest BCUT2D eigenvalue weighted by molar-refractivity contribution is 6.04. The Hall–Kier alpha value is -2.83. The standard InChI is InChI=1S/C20H25N3O4/c1-3-26-19(24)16-13-21-17-8-6-5-7-15(17)18(16)22-14-9-11-23(12-10-14)20(25)27-4-2/h5-8,13-14H,3-4,9-12H2,1-2H3,(H,21,22). The predicted octanol–water partition coefficient (Wildman–Crippen LogP) is 3.44. The summed E-state index contributed by atoms with van der Waals surface area (Å²) in [5.74, 6) is -0.387. The van der Waals surface area contributed by atoms with Gasteiger partial charge in [0.2, 0.25) is 0 Å². The van der Waals surface area contributed by atoms with Gasteiger partial charge in [-0.25, -0.2) is 9.59 Å². The van der Waals surface area contributed by atoms with Crippen molar-refractivity contribution in [1.82, 2.24) is 9.88 Å². The highest BCUT2D eigenvalue weighted by atomic mass is 16.6. The van der Waals surface area contributed by atoms with Gasteiger partial charge in [-0.2, -0.15) is 0 Å². The average Bonchev–Trinajstić information content (AvgIpc) is 2.69. The third kappa shape index (κ3) is 4.30.